The van der Waals surface area contributed by atoms with Crippen LogP contribution in [0.5, 0.6) is 0 Å². The zero-order valence-corrected chi connectivity index (χ0v) is 21.1. The summed E-state index contributed by atoms with van der Waals surface area (Å²) in [5.41, 5.74) is 2.64. The van der Waals surface area contributed by atoms with Gasteiger partial charge in [-0.15, -0.1) is 0 Å². The Morgan fingerprint density at radius 3 is 1.97 bits per heavy atom. The van der Waals surface area contributed by atoms with Gasteiger partial charge in [-0.1, -0.05) is 57.2 Å². The lowest BCUT2D eigenvalue weighted by Gasteiger charge is -2.23. The largest absolute Gasteiger partial charge is 0.479 e. The number of halogens is 2. The van der Waals surface area contributed by atoms with Crippen LogP contribution in [-0.4, -0.2) is 40.8 Å². The molecule has 0 aliphatic rings. The molecule has 0 aliphatic heterocycles. The van der Waals surface area contributed by atoms with E-state index < -0.39 is 48.2 Å². The van der Waals surface area contributed by atoms with Crippen molar-refractivity contribution in [1.82, 2.24) is 10.6 Å². The number of aliphatic carboxylic acids is 1. The van der Waals surface area contributed by atoms with Gasteiger partial charge in [0.05, 0.1) is 12.6 Å². The molecule has 0 aromatic heterocycles. The zero-order chi connectivity index (χ0) is 28.0. The van der Waals surface area contributed by atoms with E-state index in [4.69, 9.17) is 5.11 Å². The fraction of sp³-hybridized carbons (Fsp3) is 0.250. The van der Waals surface area contributed by atoms with Crippen molar-refractivity contribution in [3.8, 4) is 0 Å². The maximum atomic E-state index is 13.6. The second-order valence-electron chi connectivity index (χ2n) is 9.72. The lowest BCUT2D eigenvalue weighted by molar-refractivity contribution is -0.146. The molecule has 10 heteroatoms. The predicted octanol–water partition coefficient (Wildman–Crippen LogP) is 4.35. The Hall–Kier alpha value is -4.31. The van der Waals surface area contributed by atoms with Crippen molar-refractivity contribution in [3.63, 3.8) is 0 Å². The highest BCUT2D eigenvalue weighted by Crippen LogP contribution is 2.27. The molecule has 0 saturated heterocycles. The van der Waals surface area contributed by atoms with Gasteiger partial charge in [0.15, 0.2) is 17.7 Å². The maximum absolute atomic E-state index is 13.6. The van der Waals surface area contributed by atoms with E-state index in [0.29, 0.717) is 5.56 Å². The quantitative estimate of drug-likeness (QED) is 0.299. The number of aliphatic hydroxyl groups is 1. The smallest absolute Gasteiger partial charge is 0.334 e. The first-order chi connectivity index (χ1) is 17.8. The molecule has 0 bridgehead atoms. The molecule has 0 radical (unpaired) electrons. The molecule has 8 nitrogen and oxygen atoms in total. The number of hydrogen-bond donors (Lipinski definition) is 5. The summed E-state index contributed by atoms with van der Waals surface area (Å²) < 4.78 is 26.8. The number of nitrogens with one attached hydrogen (secondary N) is 3. The number of carbonyl (C=O) groups is 3. The van der Waals surface area contributed by atoms with Gasteiger partial charge in [-0.2, -0.15) is 0 Å². The van der Waals surface area contributed by atoms with Crippen LogP contribution in [0.15, 0.2) is 66.7 Å². The summed E-state index contributed by atoms with van der Waals surface area (Å²) in [4.78, 5) is 35.9. The average molecular weight is 526 g/mol. The van der Waals surface area contributed by atoms with E-state index in [2.05, 4.69) is 36.7 Å². The van der Waals surface area contributed by atoms with Crippen LogP contribution in [0.4, 0.5) is 19.3 Å². The van der Waals surface area contributed by atoms with Crippen LogP contribution in [0.25, 0.3) is 0 Å². The highest BCUT2D eigenvalue weighted by Gasteiger charge is 2.21. The van der Waals surface area contributed by atoms with Crippen LogP contribution in [-0.2, 0) is 10.2 Å². The third kappa shape index (κ3) is 7.36. The topological polar surface area (TPSA) is 128 Å². The van der Waals surface area contributed by atoms with Crippen LogP contribution in [0.2, 0.25) is 0 Å². The molecule has 0 heterocycles. The highest BCUT2D eigenvalue weighted by atomic mass is 19.2. The highest BCUT2D eigenvalue weighted by molar-refractivity contribution is 5.94. The van der Waals surface area contributed by atoms with E-state index in [1.807, 2.05) is 24.3 Å². The maximum Gasteiger partial charge on any atom is 0.334 e. The van der Waals surface area contributed by atoms with E-state index in [9.17, 15) is 28.3 Å². The third-order valence-electron chi connectivity index (χ3n) is 5.81. The van der Waals surface area contributed by atoms with Gasteiger partial charge in [0.25, 0.3) is 5.91 Å². The number of rotatable bonds is 8. The Morgan fingerprint density at radius 1 is 0.868 bits per heavy atom. The summed E-state index contributed by atoms with van der Waals surface area (Å²) in [6, 6.07) is 15.6. The SMILES string of the molecule is CC(C)(C)c1ccc(C(NC(=O)Nc2ccc(F)c(F)c2)c2ccc(C(=O)NCC(O)C(=O)O)cc2)cc1. The van der Waals surface area contributed by atoms with Gasteiger partial charge in [-0.25, -0.2) is 18.4 Å². The molecular formula is C28H29F2N3O5. The Kier molecular flexibility index (Phi) is 8.80. The summed E-state index contributed by atoms with van der Waals surface area (Å²) in [5, 5.41) is 25.8. The number of urea groups is 1. The van der Waals surface area contributed by atoms with Crippen molar-refractivity contribution in [2.24, 2.45) is 0 Å². The number of aliphatic hydroxyl groups excluding tert-OH is 1. The van der Waals surface area contributed by atoms with E-state index in [-0.39, 0.29) is 16.7 Å². The number of hydrogen-bond acceptors (Lipinski definition) is 4. The molecule has 3 aromatic carbocycles. The van der Waals surface area contributed by atoms with Gasteiger partial charge < -0.3 is 26.2 Å². The minimum atomic E-state index is -1.73. The Labute approximate surface area is 218 Å². The molecule has 2 atom stereocenters. The molecule has 38 heavy (non-hydrogen) atoms. The standard InChI is InChI=1S/C28H29F2N3O5/c1-28(2,3)19-10-8-17(9-11-19)24(33-27(38)32-20-12-13-21(29)22(30)14-20)16-4-6-18(7-5-16)25(35)31-15-23(34)26(36)37/h4-14,23-24,34H,15H2,1-3H3,(H,31,35)(H,36,37)(H2,32,33,38). The Bertz CT molecular complexity index is 1310. The van der Waals surface area contributed by atoms with Gasteiger partial charge in [0.2, 0.25) is 0 Å². The molecule has 5 N–H and O–H groups in total. The van der Waals surface area contributed by atoms with Gasteiger partial charge in [-0.05, 0) is 46.4 Å². The number of amides is 3. The number of anilines is 1. The molecule has 0 aliphatic carbocycles. The monoisotopic (exact) mass is 525 g/mol. The first-order valence-electron chi connectivity index (χ1n) is 11.8. The van der Waals surface area contributed by atoms with E-state index >= 15 is 0 Å². The minimum Gasteiger partial charge on any atom is -0.479 e. The summed E-state index contributed by atoms with van der Waals surface area (Å²) in [7, 11) is 0. The zero-order valence-electron chi connectivity index (χ0n) is 21.1. The molecule has 0 spiro atoms. The van der Waals surface area contributed by atoms with Crippen LogP contribution >= 0.6 is 0 Å². The molecule has 2 unspecified atom stereocenters. The van der Waals surface area contributed by atoms with Gasteiger partial charge >= 0.3 is 12.0 Å². The van der Waals surface area contributed by atoms with Crippen molar-refractivity contribution in [3.05, 3.63) is 101 Å². The summed E-state index contributed by atoms with van der Waals surface area (Å²) in [6.45, 7) is 5.77. The average Bonchev–Trinajstić information content (AvgIpc) is 2.87. The molecule has 0 fully saturated rings. The second kappa shape index (κ2) is 11.8. The second-order valence-corrected chi connectivity index (χ2v) is 9.72. The summed E-state index contributed by atoms with van der Waals surface area (Å²) >= 11 is 0. The van der Waals surface area contributed by atoms with Crippen molar-refractivity contribution >= 4 is 23.6 Å². The van der Waals surface area contributed by atoms with Crippen LogP contribution in [0.1, 0.15) is 53.9 Å². The molecule has 0 saturated carbocycles. The van der Waals surface area contributed by atoms with Crippen LogP contribution < -0.4 is 16.0 Å². The first-order valence-corrected chi connectivity index (χ1v) is 11.8. The fourth-order valence-electron chi connectivity index (χ4n) is 3.61. The van der Waals surface area contributed by atoms with E-state index in [0.717, 1.165) is 23.3 Å². The first kappa shape index (κ1) is 28.3. The molecule has 200 valence electrons. The van der Waals surface area contributed by atoms with Crippen molar-refractivity contribution in [2.75, 3.05) is 11.9 Å². The lowest BCUT2D eigenvalue weighted by atomic mass is 9.85. The number of carboxylic acids is 1. The van der Waals surface area contributed by atoms with E-state index in [1.165, 1.54) is 18.2 Å². The number of carboxylic acid groups (broad SMARTS) is 1. The Balaban J connectivity index is 1.84. The van der Waals surface area contributed by atoms with Crippen molar-refractivity contribution in [2.45, 2.75) is 38.3 Å². The van der Waals surface area contributed by atoms with Gasteiger partial charge in [-0.3, -0.25) is 4.79 Å². The molecule has 3 rings (SSSR count). The van der Waals surface area contributed by atoms with Gasteiger partial charge in [0.1, 0.15) is 0 Å². The predicted molar refractivity (Wildman–Crippen MR) is 138 cm³/mol. The summed E-state index contributed by atoms with van der Waals surface area (Å²) in [5.74, 6) is -4.16. The Morgan fingerprint density at radius 2 is 1.45 bits per heavy atom. The van der Waals surface area contributed by atoms with Crippen LogP contribution in [0.3, 0.4) is 0 Å². The summed E-state index contributed by atoms with van der Waals surface area (Å²) in [6.07, 6.45) is -1.73. The number of carbonyl (C=O) groups excluding carboxylic acids is 2. The molecule has 3 aromatic rings. The van der Waals surface area contributed by atoms with Crippen LogP contribution in [0, 0.1) is 11.6 Å². The number of benzene rings is 3. The third-order valence-corrected chi connectivity index (χ3v) is 5.81. The lowest BCUT2D eigenvalue weighted by Crippen LogP contribution is -2.36. The minimum absolute atomic E-state index is 0.0683. The van der Waals surface area contributed by atoms with E-state index in [1.54, 1.807) is 12.1 Å². The molecular weight excluding hydrogens is 496 g/mol. The normalized spacial score (nSPS) is 12.8. The fourth-order valence-corrected chi connectivity index (χ4v) is 3.61. The molecule has 3 amide bonds. The van der Waals surface area contributed by atoms with Gasteiger partial charge in [0, 0.05) is 17.3 Å². The van der Waals surface area contributed by atoms with Crippen molar-refractivity contribution < 1.29 is 33.4 Å². The van der Waals surface area contributed by atoms with Crippen molar-refractivity contribution in [1.29, 1.82) is 0 Å².